The van der Waals surface area contributed by atoms with E-state index in [0.29, 0.717) is 29.8 Å². The van der Waals surface area contributed by atoms with E-state index in [1.807, 2.05) is 0 Å². The van der Waals surface area contributed by atoms with Gasteiger partial charge in [0.25, 0.3) is 5.69 Å². The van der Waals surface area contributed by atoms with Crippen LogP contribution >= 0.6 is 0 Å². The fraction of sp³-hybridized carbons (Fsp3) is 0.222. The average Bonchev–Trinajstić information content (AvgIpc) is 3.06. The van der Waals surface area contributed by atoms with Crippen LogP contribution in [0.4, 0.5) is 11.4 Å². The van der Waals surface area contributed by atoms with Gasteiger partial charge in [0.1, 0.15) is 6.61 Å². The molecule has 0 aliphatic carbocycles. The van der Waals surface area contributed by atoms with E-state index in [1.54, 1.807) is 41.3 Å². The van der Waals surface area contributed by atoms with Crippen LogP contribution in [0.3, 0.4) is 0 Å². The number of rotatable bonds is 5. The van der Waals surface area contributed by atoms with Gasteiger partial charge in [-0.2, -0.15) is 0 Å². The first-order valence-corrected chi connectivity index (χ1v) is 7.86. The van der Waals surface area contributed by atoms with Gasteiger partial charge in [0, 0.05) is 25.1 Å². The highest BCUT2D eigenvalue weighted by Crippen LogP contribution is 2.26. The number of non-ortho nitro benzene ring substituents is 1. The molecule has 1 saturated heterocycles. The minimum Gasteiger partial charge on any atom is -0.457 e. The number of hydrogen-bond donors (Lipinski definition) is 0. The van der Waals surface area contributed by atoms with Crippen molar-refractivity contribution in [3.63, 3.8) is 0 Å². The van der Waals surface area contributed by atoms with E-state index in [-0.39, 0.29) is 18.2 Å². The van der Waals surface area contributed by atoms with Crippen molar-refractivity contribution in [2.75, 3.05) is 11.4 Å². The fourth-order valence-corrected chi connectivity index (χ4v) is 2.72. The summed E-state index contributed by atoms with van der Waals surface area (Å²) < 4.78 is 5.30. The van der Waals surface area contributed by atoms with E-state index in [9.17, 15) is 19.7 Å². The van der Waals surface area contributed by atoms with E-state index in [4.69, 9.17) is 4.74 Å². The van der Waals surface area contributed by atoms with Crippen molar-refractivity contribution in [1.82, 2.24) is 0 Å². The second kappa shape index (κ2) is 7.12. The molecule has 0 unspecified atom stereocenters. The summed E-state index contributed by atoms with van der Waals surface area (Å²) in [5.41, 5.74) is 1.51. The van der Waals surface area contributed by atoms with Crippen LogP contribution in [0, 0.1) is 10.1 Å². The van der Waals surface area contributed by atoms with E-state index in [0.717, 1.165) is 6.42 Å². The van der Waals surface area contributed by atoms with Gasteiger partial charge in [-0.3, -0.25) is 14.9 Å². The van der Waals surface area contributed by atoms with Gasteiger partial charge < -0.3 is 9.64 Å². The molecule has 7 nitrogen and oxygen atoms in total. The second-order valence-corrected chi connectivity index (χ2v) is 5.67. The topological polar surface area (TPSA) is 89.8 Å². The maximum absolute atomic E-state index is 12.4. The number of anilines is 1. The summed E-state index contributed by atoms with van der Waals surface area (Å²) >= 11 is 0. The van der Waals surface area contributed by atoms with Gasteiger partial charge >= 0.3 is 5.97 Å². The predicted octanol–water partition coefficient (Wildman–Crippen LogP) is 3.08. The quantitative estimate of drug-likeness (QED) is 0.474. The molecular formula is C18H16N2O5. The zero-order valence-corrected chi connectivity index (χ0v) is 13.4. The van der Waals surface area contributed by atoms with Crippen LogP contribution in [0.25, 0.3) is 0 Å². The van der Waals surface area contributed by atoms with Gasteiger partial charge in [-0.15, -0.1) is 0 Å². The number of nitrogens with zero attached hydrogens (tertiary/aromatic N) is 2. The van der Waals surface area contributed by atoms with Crippen LogP contribution in [-0.2, 0) is 16.1 Å². The van der Waals surface area contributed by atoms with Gasteiger partial charge in [-0.1, -0.05) is 12.1 Å². The number of carbonyl (C=O) groups is 2. The smallest absolute Gasteiger partial charge is 0.340 e. The lowest BCUT2D eigenvalue weighted by Gasteiger charge is -2.18. The zero-order chi connectivity index (χ0) is 17.8. The molecule has 0 radical (unpaired) electrons. The van der Waals surface area contributed by atoms with E-state index in [2.05, 4.69) is 0 Å². The normalized spacial score (nSPS) is 13.8. The lowest BCUT2D eigenvalue weighted by molar-refractivity contribution is -0.384. The Labute approximate surface area is 144 Å². The van der Waals surface area contributed by atoms with Crippen LogP contribution in [-0.4, -0.2) is 23.3 Å². The Morgan fingerprint density at radius 3 is 2.52 bits per heavy atom. The highest BCUT2D eigenvalue weighted by Gasteiger charge is 2.26. The standard InChI is InChI=1S/C18H16N2O5/c21-17-6-3-11-19(17)16-5-2-1-4-15(16)18(22)25-12-13-7-9-14(10-8-13)20(23)24/h1-2,4-5,7-10H,3,6,11-12H2. The number of carbonyl (C=O) groups excluding carboxylic acids is 2. The molecule has 1 fully saturated rings. The lowest BCUT2D eigenvalue weighted by Crippen LogP contribution is -2.26. The number of ether oxygens (including phenoxy) is 1. The summed E-state index contributed by atoms with van der Waals surface area (Å²) in [6, 6.07) is 12.6. The molecule has 0 spiro atoms. The van der Waals surface area contributed by atoms with E-state index < -0.39 is 10.9 Å². The van der Waals surface area contributed by atoms with Crippen LogP contribution in [0.5, 0.6) is 0 Å². The molecule has 1 aliphatic heterocycles. The SMILES string of the molecule is O=C(OCc1ccc([N+](=O)[O-])cc1)c1ccccc1N1CCCC1=O. The molecule has 128 valence electrons. The number of nitro groups is 1. The fourth-order valence-electron chi connectivity index (χ4n) is 2.72. The number of nitro benzene ring substituents is 1. The van der Waals surface area contributed by atoms with Crippen molar-refractivity contribution in [3.8, 4) is 0 Å². The van der Waals surface area contributed by atoms with Crippen LogP contribution in [0.1, 0.15) is 28.8 Å². The Bertz CT molecular complexity index is 816. The third-order valence-corrected chi connectivity index (χ3v) is 4.01. The summed E-state index contributed by atoms with van der Waals surface area (Å²) in [5.74, 6) is -0.538. The molecule has 1 amide bonds. The molecule has 25 heavy (non-hydrogen) atoms. The van der Waals surface area contributed by atoms with Crippen molar-refractivity contribution in [1.29, 1.82) is 0 Å². The summed E-state index contributed by atoms with van der Waals surface area (Å²) in [6.07, 6.45) is 1.25. The average molecular weight is 340 g/mol. The first-order chi connectivity index (χ1) is 12.1. The largest absolute Gasteiger partial charge is 0.457 e. The molecule has 0 aromatic heterocycles. The molecule has 1 aliphatic rings. The maximum Gasteiger partial charge on any atom is 0.340 e. The molecule has 0 N–H and O–H groups in total. The Kier molecular flexibility index (Phi) is 4.74. The third-order valence-electron chi connectivity index (χ3n) is 4.01. The summed E-state index contributed by atoms with van der Waals surface area (Å²) in [6.45, 7) is 0.588. The minimum atomic E-state index is -0.534. The van der Waals surface area contributed by atoms with Crippen LogP contribution in [0.15, 0.2) is 48.5 Å². The minimum absolute atomic E-state index is 0.000885. The van der Waals surface area contributed by atoms with E-state index >= 15 is 0 Å². The Morgan fingerprint density at radius 1 is 1.16 bits per heavy atom. The third kappa shape index (κ3) is 3.65. The molecule has 3 rings (SSSR count). The molecule has 0 atom stereocenters. The van der Waals surface area contributed by atoms with Gasteiger partial charge in [0.2, 0.25) is 5.91 Å². The molecule has 7 heteroatoms. The monoisotopic (exact) mass is 340 g/mol. The maximum atomic E-state index is 12.4. The van der Waals surface area contributed by atoms with Crippen molar-refractivity contribution in [2.24, 2.45) is 0 Å². The highest BCUT2D eigenvalue weighted by atomic mass is 16.6. The summed E-state index contributed by atoms with van der Waals surface area (Å²) in [7, 11) is 0. The van der Waals surface area contributed by atoms with Gasteiger partial charge in [-0.05, 0) is 36.2 Å². The molecule has 0 saturated carbocycles. The van der Waals surface area contributed by atoms with Gasteiger partial charge in [0.15, 0.2) is 0 Å². The first-order valence-electron chi connectivity index (χ1n) is 7.86. The first kappa shape index (κ1) is 16.6. The van der Waals surface area contributed by atoms with Gasteiger partial charge in [0.05, 0.1) is 16.2 Å². The number of amides is 1. The number of para-hydroxylation sites is 1. The van der Waals surface area contributed by atoms with Crippen molar-refractivity contribution >= 4 is 23.3 Å². The Morgan fingerprint density at radius 2 is 1.88 bits per heavy atom. The van der Waals surface area contributed by atoms with Crippen molar-refractivity contribution in [2.45, 2.75) is 19.4 Å². The summed E-state index contributed by atoms with van der Waals surface area (Å²) in [4.78, 5) is 36.1. The molecule has 2 aromatic carbocycles. The van der Waals surface area contributed by atoms with Crippen molar-refractivity contribution in [3.05, 3.63) is 69.8 Å². The number of benzene rings is 2. The number of esters is 1. The summed E-state index contributed by atoms with van der Waals surface area (Å²) in [5, 5.41) is 10.6. The number of hydrogen-bond acceptors (Lipinski definition) is 5. The zero-order valence-electron chi connectivity index (χ0n) is 13.4. The second-order valence-electron chi connectivity index (χ2n) is 5.67. The van der Waals surface area contributed by atoms with Crippen molar-refractivity contribution < 1.29 is 19.2 Å². The molecule has 1 heterocycles. The Hall–Kier alpha value is -3.22. The Balaban J connectivity index is 1.71. The van der Waals surface area contributed by atoms with E-state index in [1.165, 1.54) is 12.1 Å². The molecule has 0 bridgehead atoms. The van der Waals surface area contributed by atoms with Crippen LogP contribution in [0.2, 0.25) is 0 Å². The highest BCUT2D eigenvalue weighted by molar-refractivity contribution is 6.03. The van der Waals surface area contributed by atoms with Gasteiger partial charge in [-0.25, -0.2) is 4.79 Å². The molecular weight excluding hydrogens is 324 g/mol. The van der Waals surface area contributed by atoms with Crippen LogP contribution < -0.4 is 4.90 Å². The predicted molar refractivity (Wildman–Crippen MR) is 90.2 cm³/mol. The molecule has 2 aromatic rings. The lowest BCUT2D eigenvalue weighted by atomic mass is 10.1.